The van der Waals surface area contributed by atoms with Gasteiger partial charge in [0.15, 0.2) is 0 Å². The van der Waals surface area contributed by atoms with E-state index >= 15 is 0 Å². The Labute approximate surface area is 170 Å². The van der Waals surface area contributed by atoms with E-state index in [0.717, 1.165) is 11.1 Å². The zero-order chi connectivity index (χ0) is 21.0. The number of aryl methyl sites for hydroxylation is 2. The molecule has 3 aromatic rings. The monoisotopic (exact) mass is 410 g/mol. The molecule has 3 rings (SSSR count). The highest BCUT2D eigenvalue weighted by Gasteiger charge is 2.16. The summed E-state index contributed by atoms with van der Waals surface area (Å²) in [5, 5.41) is 2.76. The number of benzene rings is 3. The number of carbonyl (C=O) groups is 1. The lowest BCUT2D eigenvalue weighted by Gasteiger charge is -2.11. The molecule has 150 valence electrons. The first-order valence-corrected chi connectivity index (χ1v) is 10.4. The van der Waals surface area contributed by atoms with Gasteiger partial charge in [-0.3, -0.25) is 9.52 Å². The number of carbonyl (C=O) groups excluding carboxylic acids is 1. The summed E-state index contributed by atoms with van der Waals surface area (Å²) in [7, 11) is -2.18. The molecule has 3 aromatic carbocycles. The molecule has 0 unspecified atom stereocenters. The van der Waals surface area contributed by atoms with E-state index in [9.17, 15) is 13.2 Å². The standard InChI is InChI=1S/C22H22N2O4S/c1-15-4-7-19(14-16(15)2)24-29(26,27)21-12-5-17(6-13-21)22(25)23-18-8-10-20(28-3)11-9-18/h4-14,24H,1-3H3,(H,23,25). The third-order valence-corrected chi connectivity index (χ3v) is 5.93. The minimum atomic E-state index is -3.75. The summed E-state index contributed by atoms with van der Waals surface area (Å²) in [5.41, 5.74) is 3.54. The molecule has 0 aliphatic carbocycles. The molecule has 0 aromatic heterocycles. The van der Waals surface area contributed by atoms with Gasteiger partial charge in [0.1, 0.15) is 5.75 Å². The Hall–Kier alpha value is -3.32. The molecule has 1 amide bonds. The number of amides is 1. The van der Waals surface area contributed by atoms with E-state index in [0.29, 0.717) is 22.7 Å². The Kier molecular flexibility index (Phi) is 5.89. The molecule has 0 saturated heterocycles. The van der Waals surface area contributed by atoms with E-state index in [2.05, 4.69) is 10.0 Å². The Balaban J connectivity index is 1.72. The van der Waals surface area contributed by atoms with Gasteiger partial charge >= 0.3 is 0 Å². The Morgan fingerprint density at radius 1 is 0.828 bits per heavy atom. The third-order valence-electron chi connectivity index (χ3n) is 4.53. The van der Waals surface area contributed by atoms with Gasteiger partial charge in [-0.2, -0.15) is 0 Å². The van der Waals surface area contributed by atoms with Gasteiger partial charge in [0.25, 0.3) is 15.9 Å². The van der Waals surface area contributed by atoms with E-state index in [1.807, 2.05) is 19.9 Å². The summed E-state index contributed by atoms with van der Waals surface area (Å²) in [6, 6.07) is 18.1. The number of anilines is 2. The second-order valence-corrected chi connectivity index (χ2v) is 8.29. The zero-order valence-electron chi connectivity index (χ0n) is 16.4. The van der Waals surface area contributed by atoms with Crippen LogP contribution in [0.3, 0.4) is 0 Å². The molecule has 0 aliphatic heterocycles. The van der Waals surface area contributed by atoms with Crippen LogP contribution in [-0.2, 0) is 10.0 Å². The predicted octanol–water partition coefficient (Wildman–Crippen LogP) is 4.37. The molecule has 7 heteroatoms. The molecule has 6 nitrogen and oxygen atoms in total. The number of ether oxygens (including phenoxy) is 1. The number of hydrogen-bond donors (Lipinski definition) is 2. The van der Waals surface area contributed by atoms with Crippen LogP contribution in [0.1, 0.15) is 21.5 Å². The van der Waals surface area contributed by atoms with Gasteiger partial charge in [0.05, 0.1) is 12.0 Å². The molecule has 0 aliphatic rings. The molecule has 0 fully saturated rings. The smallest absolute Gasteiger partial charge is 0.261 e. The van der Waals surface area contributed by atoms with Crippen LogP contribution < -0.4 is 14.8 Å². The van der Waals surface area contributed by atoms with Crippen molar-refractivity contribution in [3.8, 4) is 5.75 Å². The maximum Gasteiger partial charge on any atom is 0.261 e. The summed E-state index contributed by atoms with van der Waals surface area (Å²) in [5.74, 6) is 0.357. The third kappa shape index (κ3) is 4.94. The van der Waals surface area contributed by atoms with Crippen LogP contribution in [0.15, 0.2) is 71.6 Å². The highest BCUT2D eigenvalue weighted by atomic mass is 32.2. The second kappa shape index (κ2) is 8.36. The van der Waals surface area contributed by atoms with Crippen LogP contribution in [0.5, 0.6) is 5.75 Å². The number of hydrogen-bond acceptors (Lipinski definition) is 4. The number of sulfonamides is 1. The summed E-state index contributed by atoms with van der Waals surface area (Å²) in [6.45, 7) is 3.88. The first kappa shape index (κ1) is 20.4. The van der Waals surface area contributed by atoms with Crippen molar-refractivity contribution < 1.29 is 17.9 Å². The van der Waals surface area contributed by atoms with Crippen LogP contribution >= 0.6 is 0 Å². The Morgan fingerprint density at radius 3 is 2.03 bits per heavy atom. The number of methoxy groups -OCH3 is 1. The first-order valence-electron chi connectivity index (χ1n) is 8.94. The molecular formula is C22H22N2O4S. The van der Waals surface area contributed by atoms with E-state index < -0.39 is 10.0 Å². The molecule has 0 radical (unpaired) electrons. The largest absolute Gasteiger partial charge is 0.497 e. The van der Waals surface area contributed by atoms with Gasteiger partial charge in [-0.25, -0.2) is 8.42 Å². The fourth-order valence-corrected chi connectivity index (χ4v) is 3.73. The summed E-state index contributed by atoms with van der Waals surface area (Å²) < 4.78 is 32.9. The normalized spacial score (nSPS) is 11.0. The van der Waals surface area contributed by atoms with Crippen LogP contribution in [-0.4, -0.2) is 21.4 Å². The van der Waals surface area contributed by atoms with Gasteiger partial charge in [0, 0.05) is 16.9 Å². The maximum absolute atomic E-state index is 12.6. The lowest BCUT2D eigenvalue weighted by atomic mass is 10.1. The minimum absolute atomic E-state index is 0.0803. The van der Waals surface area contributed by atoms with Crippen molar-refractivity contribution in [2.45, 2.75) is 18.7 Å². The number of rotatable bonds is 6. The van der Waals surface area contributed by atoms with E-state index in [1.165, 1.54) is 24.3 Å². The van der Waals surface area contributed by atoms with Gasteiger partial charge in [-0.05, 0) is 85.6 Å². The van der Waals surface area contributed by atoms with Crippen molar-refractivity contribution in [3.05, 3.63) is 83.4 Å². The van der Waals surface area contributed by atoms with Crippen LogP contribution in [0.25, 0.3) is 0 Å². The highest BCUT2D eigenvalue weighted by Crippen LogP contribution is 2.20. The van der Waals surface area contributed by atoms with Crippen LogP contribution in [0.4, 0.5) is 11.4 Å². The van der Waals surface area contributed by atoms with Gasteiger partial charge in [-0.1, -0.05) is 6.07 Å². The molecule has 29 heavy (non-hydrogen) atoms. The quantitative estimate of drug-likeness (QED) is 0.632. The van der Waals surface area contributed by atoms with Crippen molar-refractivity contribution in [1.29, 1.82) is 0 Å². The van der Waals surface area contributed by atoms with E-state index in [4.69, 9.17) is 4.74 Å². The van der Waals surface area contributed by atoms with Crippen molar-refractivity contribution in [2.24, 2.45) is 0 Å². The number of nitrogens with one attached hydrogen (secondary N) is 2. The molecule has 0 atom stereocenters. The molecule has 0 saturated carbocycles. The lowest BCUT2D eigenvalue weighted by Crippen LogP contribution is -2.15. The van der Waals surface area contributed by atoms with Crippen LogP contribution in [0, 0.1) is 13.8 Å². The molecule has 0 spiro atoms. The fraction of sp³-hybridized carbons (Fsp3) is 0.136. The van der Waals surface area contributed by atoms with Gasteiger partial charge < -0.3 is 10.1 Å². The molecule has 2 N–H and O–H groups in total. The Bertz CT molecular complexity index is 1120. The SMILES string of the molecule is COc1ccc(NC(=O)c2ccc(S(=O)(=O)Nc3ccc(C)c(C)c3)cc2)cc1. The first-order chi connectivity index (χ1) is 13.8. The van der Waals surface area contributed by atoms with Crippen molar-refractivity contribution >= 4 is 27.3 Å². The topological polar surface area (TPSA) is 84.5 Å². The second-order valence-electron chi connectivity index (χ2n) is 6.61. The van der Waals surface area contributed by atoms with E-state index in [1.54, 1.807) is 43.5 Å². The average molecular weight is 410 g/mol. The maximum atomic E-state index is 12.6. The predicted molar refractivity (Wildman–Crippen MR) is 114 cm³/mol. The Morgan fingerprint density at radius 2 is 1.45 bits per heavy atom. The van der Waals surface area contributed by atoms with Crippen LogP contribution in [0.2, 0.25) is 0 Å². The average Bonchev–Trinajstić information content (AvgIpc) is 2.71. The fourth-order valence-electron chi connectivity index (χ4n) is 2.68. The zero-order valence-corrected chi connectivity index (χ0v) is 17.2. The summed E-state index contributed by atoms with van der Waals surface area (Å²) >= 11 is 0. The highest BCUT2D eigenvalue weighted by molar-refractivity contribution is 7.92. The van der Waals surface area contributed by atoms with Gasteiger partial charge in [-0.15, -0.1) is 0 Å². The van der Waals surface area contributed by atoms with Gasteiger partial charge in [0.2, 0.25) is 0 Å². The minimum Gasteiger partial charge on any atom is -0.497 e. The lowest BCUT2D eigenvalue weighted by molar-refractivity contribution is 0.102. The molecular weight excluding hydrogens is 388 g/mol. The molecule has 0 heterocycles. The van der Waals surface area contributed by atoms with Crippen molar-refractivity contribution in [1.82, 2.24) is 0 Å². The molecule has 0 bridgehead atoms. The van der Waals surface area contributed by atoms with Crippen molar-refractivity contribution in [3.63, 3.8) is 0 Å². The summed E-state index contributed by atoms with van der Waals surface area (Å²) in [6.07, 6.45) is 0. The van der Waals surface area contributed by atoms with E-state index in [-0.39, 0.29) is 10.8 Å². The van der Waals surface area contributed by atoms with Crippen molar-refractivity contribution in [2.75, 3.05) is 17.1 Å². The summed E-state index contributed by atoms with van der Waals surface area (Å²) in [4.78, 5) is 12.5.